The van der Waals surface area contributed by atoms with Crippen molar-refractivity contribution in [2.75, 3.05) is 13.6 Å². The molecule has 0 aromatic heterocycles. The van der Waals surface area contributed by atoms with Crippen molar-refractivity contribution in [1.82, 2.24) is 5.32 Å². The summed E-state index contributed by atoms with van der Waals surface area (Å²) in [7, 11) is 2.07. The molecule has 0 bridgehead atoms. The first-order chi connectivity index (χ1) is 7.81. The summed E-state index contributed by atoms with van der Waals surface area (Å²) in [4.78, 5) is 0. The van der Waals surface area contributed by atoms with Crippen LogP contribution in [0.4, 0.5) is 0 Å². The number of hydrogen-bond donors (Lipinski definition) is 1. The Hall–Kier alpha value is -0.480. The van der Waals surface area contributed by atoms with E-state index in [4.69, 9.17) is 6.42 Å². The van der Waals surface area contributed by atoms with Gasteiger partial charge in [0.05, 0.1) is 0 Å². The first-order valence-electron chi connectivity index (χ1n) is 6.89. The van der Waals surface area contributed by atoms with Crippen LogP contribution in [-0.2, 0) is 0 Å². The zero-order valence-electron chi connectivity index (χ0n) is 11.0. The predicted molar refractivity (Wildman–Crippen MR) is 71.2 cm³/mol. The molecule has 1 N–H and O–H groups in total. The maximum absolute atomic E-state index is 5.39. The normalized spacial score (nSPS) is 29.9. The van der Waals surface area contributed by atoms with Gasteiger partial charge in [0.1, 0.15) is 0 Å². The summed E-state index contributed by atoms with van der Waals surface area (Å²) in [5, 5.41) is 3.34. The van der Waals surface area contributed by atoms with Crippen LogP contribution in [-0.4, -0.2) is 13.6 Å². The van der Waals surface area contributed by atoms with E-state index in [1.165, 1.54) is 45.1 Å². The van der Waals surface area contributed by atoms with Gasteiger partial charge >= 0.3 is 0 Å². The molecule has 0 amide bonds. The molecule has 0 radical (unpaired) electrons. The molecule has 1 saturated carbocycles. The van der Waals surface area contributed by atoms with Crippen LogP contribution in [0.15, 0.2) is 0 Å². The summed E-state index contributed by atoms with van der Waals surface area (Å²) in [6.45, 7) is 3.48. The lowest BCUT2D eigenvalue weighted by Crippen LogP contribution is -2.31. The van der Waals surface area contributed by atoms with Crippen LogP contribution in [0.5, 0.6) is 0 Å². The van der Waals surface area contributed by atoms with Gasteiger partial charge in [-0.15, -0.1) is 12.3 Å². The Labute approximate surface area is 101 Å². The third-order valence-corrected chi connectivity index (χ3v) is 4.07. The molecule has 0 saturated heterocycles. The van der Waals surface area contributed by atoms with Crippen LogP contribution in [0.2, 0.25) is 0 Å². The Kier molecular flexibility index (Phi) is 6.57. The molecule has 92 valence electrons. The zero-order chi connectivity index (χ0) is 11.8. The van der Waals surface area contributed by atoms with Gasteiger partial charge in [-0.3, -0.25) is 0 Å². The van der Waals surface area contributed by atoms with E-state index in [2.05, 4.69) is 25.2 Å². The minimum absolute atomic E-state index is 0.867. The third kappa shape index (κ3) is 4.18. The van der Waals surface area contributed by atoms with Crippen LogP contribution >= 0.6 is 0 Å². The van der Waals surface area contributed by atoms with E-state index in [1.54, 1.807) is 0 Å². The molecule has 16 heavy (non-hydrogen) atoms. The van der Waals surface area contributed by atoms with Gasteiger partial charge in [0, 0.05) is 6.42 Å². The van der Waals surface area contributed by atoms with Gasteiger partial charge in [-0.2, -0.15) is 0 Å². The van der Waals surface area contributed by atoms with Crippen LogP contribution in [0.3, 0.4) is 0 Å². The minimum atomic E-state index is 0.867. The molecule has 1 aliphatic rings. The van der Waals surface area contributed by atoms with E-state index >= 15 is 0 Å². The van der Waals surface area contributed by atoms with Crippen molar-refractivity contribution in [2.45, 2.75) is 51.9 Å². The van der Waals surface area contributed by atoms with Crippen LogP contribution in [0.1, 0.15) is 51.9 Å². The fourth-order valence-corrected chi connectivity index (χ4v) is 3.25. The summed E-state index contributed by atoms with van der Waals surface area (Å²) < 4.78 is 0. The van der Waals surface area contributed by atoms with E-state index in [0.29, 0.717) is 0 Å². The molecular formula is C15H27N. The van der Waals surface area contributed by atoms with E-state index < -0.39 is 0 Å². The molecule has 1 nitrogen and oxygen atoms in total. The first kappa shape index (κ1) is 13.6. The summed E-state index contributed by atoms with van der Waals surface area (Å²) in [5.41, 5.74) is 0. The number of nitrogens with one attached hydrogen (secondary N) is 1. The largest absolute Gasteiger partial charge is 0.319 e. The number of rotatable bonds is 6. The number of hydrogen-bond acceptors (Lipinski definition) is 1. The summed E-state index contributed by atoms with van der Waals surface area (Å²) in [6, 6.07) is 0. The second-order valence-corrected chi connectivity index (χ2v) is 5.29. The molecule has 1 rings (SSSR count). The molecule has 1 aliphatic carbocycles. The Morgan fingerprint density at radius 3 is 2.69 bits per heavy atom. The van der Waals surface area contributed by atoms with Crippen molar-refractivity contribution in [3.63, 3.8) is 0 Å². The average molecular weight is 221 g/mol. The molecule has 0 aliphatic heterocycles. The molecule has 0 spiro atoms. The Balaban J connectivity index is 2.44. The second kappa shape index (κ2) is 7.74. The highest BCUT2D eigenvalue weighted by atomic mass is 14.8. The Bertz CT molecular complexity index is 216. The third-order valence-electron chi connectivity index (χ3n) is 4.07. The lowest BCUT2D eigenvalue weighted by atomic mass is 9.71. The fourth-order valence-electron chi connectivity index (χ4n) is 3.25. The lowest BCUT2D eigenvalue weighted by Gasteiger charge is -2.36. The smallest absolute Gasteiger partial charge is 0.00888 e. The quantitative estimate of drug-likeness (QED) is 0.677. The Morgan fingerprint density at radius 2 is 2.06 bits per heavy atom. The van der Waals surface area contributed by atoms with Gasteiger partial charge < -0.3 is 5.32 Å². The van der Waals surface area contributed by atoms with Crippen molar-refractivity contribution in [3.8, 4) is 12.3 Å². The van der Waals surface area contributed by atoms with Gasteiger partial charge in [-0.05, 0) is 50.6 Å². The van der Waals surface area contributed by atoms with Crippen LogP contribution < -0.4 is 5.32 Å². The summed E-state index contributed by atoms with van der Waals surface area (Å²) >= 11 is 0. The average Bonchev–Trinajstić information content (AvgIpc) is 2.30. The van der Waals surface area contributed by atoms with E-state index in [-0.39, 0.29) is 0 Å². The molecule has 0 aromatic carbocycles. The summed E-state index contributed by atoms with van der Waals surface area (Å²) in [6.07, 6.45) is 14.6. The lowest BCUT2D eigenvalue weighted by molar-refractivity contribution is 0.163. The monoisotopic (exact) mass is 221 g/mol. The van der Waals surface area contributed by atoms with Crippen molar-refractivity contribution >= 4 is 0 Å². The molecule has 1 heteroatoms. The highest BCUT2D eigenvalue weighted by molar-refractivity contribution is 4.88. The molecule has 1 fully saturated rings. The van der Waals surface area contributed by atoms with Gasteiger partial charge in [0.25, 0.3) is 0 Å². The second-order valence-electron chi connectivity index (χ2n) is 5.29. The van der Waals surface area contributed by atoms with Crippen molar-refractivity contribution < 1.29 is 0 Å². The standard InChI is InChI=1S/C15H27N/c1-4-6-8-14-11-13(7-5-2)9-10-15(14)12-16-3/h1,13-16H,5-12H2,2-3H3. The van der Waals surface area contributed by atoms with Gasteiger partial charge in [-0.1, -0.05) is 26.2 Å². The van der Waals surface area contributed by atoms with Crippen LogP contribution in [0.25, 0.3) is 0 Å². The van der Waals surface area contributed by atoms with E-state index in [9.17, 15) is 0 Å². The Morgan fingerprint density at radius 1 is 1.25 bits per heavy atom. The van der Waals surface area contributed by atoms with Crippen molar-refractivity contribution in [2.24, 2.45) is 17.8 Å². The predicted octanol–water partition coefficient (Wildman–Crippen LogP) is 3.45. The fraction of sp³-hybridized carbons (Fsp3) is 0.867. The summed E-state index contributed by atoms with van der Waals surface area (Å²) in [5.74, 6) is 5.51. The maximum Gasteiger partial charge on any atom is 0.00888 e. The van der Waals surface area contributed by atoms with Gasteiger partial charge in [0.2, 0.25) is 0 Å². The molecule has 3 unspecified atom stereocenters. The SMILES string of the molecule is C#CCCC1CC(CCC)CCC1CNC. The molecule has 0 aromatic rings. The van der Waals surface area contributed by atoms with Crippen molar-refractivity contribution in [3.05, 3.63) is 0 Å². The van der Waals surface area contributed by atoms with Gasteiger partial charge in [-0.25, -0.2) is 0 Å². The van der Waals surface area contributed by atoms with Crippen molar-refractivity contribution in [1.29, 1.82) is 0 Å². The van der Waals surface area contributed by atoms with E-state index in [0.717, 1.165) is 24.2 Å². The first-order valence-corrected chi connectivity index (χ1v) is 6.89. The molecule has 3 atom stereocenters. The maximum atomic E-state index is 5.39. The zero-order valence-corrected chi connectivity index (χ0v) is 11.0. The minimum Gasteiger partial charge on any atom is -0.319 e. The molecule has 0 heterocycles. The highest BCUT2D eigenvalue weighted by Crippen LogP contribution is 2.38. The molecular weight excluding hydrogens is 194 g/mol. The number of terminal acetylenes is 1. The topological polar surface area (TPSA) is 12.0 Å². The van der Waals surface area contributed by atoms with E-state index in [1.807, 2.05) is 0 Å². The van der Waals surface area contributed by atoms with Gasteiger partial charge in [0.15, 0.2) is 0 Å². The highest BCUT2D eigenvalue weighted by Gasteiger charge is 2.28. The van der Waals surface area contributed by atoms with Crippen LogP contribution in [0, 0.1) is 30.1 Å².